The third-order valence-electron chi connectivity index (χ3n) is 14.9. The Morgan fingerprint density at radius 1 is 0.294 bits per heavy atom. The number of rotatable bonds is 56. The minimum absolute atomic E-state index is 0.0624. The first-order valence-corrected chi connectivity index (χ1v) is 30.8. The van der Waals surface area contributed by atoms with Crippen LogP contribution in [-0.2, 0) is 28.6 Å². The average molecular weight is 962 g/mol. The molecule has 0 saturated heterocycles. The molecule has 0 aromatic rings. The molecule has 3 atom stereocenters. The van der Waals surface area contributed by atoms with Crippen LogP contribution in [0.2, 0.25) is 0 Å². The van der Waals surface area contributed by atoms with Gasteiger partial charge in [-0.25, -0.2) is 0 Å². The second kappa shape index (κ2) is 54.7. The summed E-state index contributed by atoms with van der Waals surface area (Å²) in [7, 11) is 0. The van der Waals surface area contributed by atoms with Gasteiger partial charge in [0.25, 0.3) is 0 Å². The molecular formula is C62H120O6. The van der Waals surface area contributed by atoms with Crippen molar-refractivity contribution >= 4 is 17.9 Å². The van der Waals surface area contributed by atoms with E-state index >= 15 is 0 Å². The highest BCUT2D eigenvalue weighted by Gasteiger charge is 2.19. The van der Waals surface area contributed by atoms with Crippen molar-refractivity contribution in [3.8, 4) is 0 Å². The molecule has 2 unspecified atom stereocenters. The van der Waals surface area contributed by atoms with Crippen LogP contribution in [0.3, 0.4) is 0 Å². The van der Waals surface area contributed by atoms with Gasteiger partial charge in [-0.05, 0) is 31.1 Å². The summed E-state index contributed by atoms with van der Waals surface area (Å²) >= 11 is 0. The van der Waals surface area contributed by atoms with Gasteiger partial charge in [0.1, 0.15) is 13.2 Å². The van der Waals surface area contributed by atoms with Crippen LogP contribution in [0.25, 0.3) is 0 Å². The summed E-state index contributed by atoms with van der Waals surface area (Å²) in [5.74, 6) is 0.969. The van der Waals surface area contributed by atoms with E-state index in [4.69, 9.17) is 14.2 Å². The van der Waals surface area contributed by atoms with Gasteiger partial charge >= 0.3 is 17.9 Å². The highest BCUT2D eigenvalue weighted by molar-refractivity contribution is 5.71. The fraction of sp³-hybridized carbons (Fsp3) is 0.952. The topological polar surface area (TPSA) is 78.9 Å². The van der Waals surface area contributed by atoms with Crippen LogP contribution in [0.5, 0.6) is 0 Å². The fourth-order valence-corrected chi connectivity index (χ4v) is 9.52. The number of hydrogen-bond acceptors (Lipinski definition) is 6. The summed E-state index contributed by atoms with van der Waals surface area (Å²) in [6.07, 6.45) is 59.5. The molecule has 0 spiro atoms. The molecule has 0 saturated carbocycles. The van der Waals surface area contributed by atoms with E-state index in [1.807, 2.05) is 0 Å². The van der Waals surface area contributed by atoms with Gasteiger partial charge in [0.2, 0.25) is 0 Å². The predicted molar refractivity (Wildman–Crippen MR) is 293 cm³/mol. The molecule has 0 heterocycles. The lowest BCUT2D eigenvalue weighted by Crippen LogP contribution is -2.30. The number of esters is 3. The van der Waals surface area contributed by atoms with Crippen molar-refractivity contribution in [2.75, 3.05) is 13.2 Å². The maximum atomic E-state index is 12.8. The molecule has 6 heteroatoms. The Bertz CT molecular complexity index is 1040. The third-order valence-corrected chi connectivity index (χ3v) is 14.9. The molecule has 0 rings (SSSR count). The molecule has 6 nitrogen and oxygen atoms in total. The van der Waals surface area contributed by atoms with Crippen LogP contribution < -0.4 is 0 Å². The maximum absolute atomic E-state index is 12.8. The van der Waals surface area contributed by atoms with E-state index in [0.717, 1.165) is 69.6 Å². The smallest absolute Gasteiger partial charge is 0.306 e. The van der Waals surface area contributed by atoms with Crippen LogP contribution in [0, 0.1) is 11.8 Å². The van der Waals surface area contributed by atoms with Crippen molar-refractivity contribution in [1.29, 1.82) is 0 Å². The number of carbonyl (C=O) groups excluding carboxylic acids is 3. The Morgan fingerprint density at radius 2 is 0.515 bits per heavy atom. The van der Waals surface area contributed by atoms with Crippen molar-refractivity contribution in [2.45, 2.75) is 355 Å². The van der Waals surface area contributed by atoms with E-state index in [1.165, 1.54) is 238 Å². The first-order chi connectivity index (χ1) is 33.3. The molecule has 68 heavy (non-hydrogen) atoms. The summed E-state index contributed by atoms with van der Waals surface area (Å²) in [5.41, 5.74) is 0. The Balaban J connectivity index is 4.17. The van der Waals surface area contributed by atoms with Crippen molar-refractivity contribution < 1.29 is 28.6 Å². The maximum Gasteiger partial charge on any atom is 0.306 e. The predicted octanol–water partition coefficient (Wildman–Crippen LogP) is 20.4. The van der Waals surface area contributed by atoms with Crippen molar-refractivity contribution in [3.05, 3.63) is 0 Å². The number of ether oxygens (including phenoxy) is 3. The molecule has 0 aliphatic heterocycles. The van der Waals surface area contributed by atoms with Crippen LogP contribution in [0.4, 0.5) is 0 Å². The summed E-state index contributed by atoms with van der Waals surface area (Å²) in [6.45, 7) is 11.5. The van der Waals surface area contributed by atoms with Crippen LogP contribution in [0.15, 0.2) is 0 Å². The van der Waals surface area contributed by atoms with Crippen LogP contribution >= 0.6 is 0 Å². The lowest BCUT2D eigenvalue weighted by atomic mass is 9.99. The lowest BCUT2D eigenvalue weighted by molar-refractivity contribution is -0.167. The molecule has 0 aliphatic carbocycles. The zero-order chi connectivity index (χ0) is 49.6. The quantitative estimate of drug-likeness (QED) is 0.0343. The van der Waals surface area contributed by atoms with Gasteiger partial charge in [-0.3, -0.25) is 14.4 Å². The Hall–Kier alpha value is -1.59. The SMILES string of the molecule is CCCCCCCCCCCCC(=O)O[C@H](COC(=O)CCCCCCCCCCCCCCCCCCCCC(C)CC)COC(=O)CCCCCCCCCCCCCCCCC(C)CC. The van der Waals surface area contributed by atoms with Gasteiger partial charge in [0, 0.05) is 19.3 Å². The van der Waals surface area contributed by atoms with E-state index in [2.05, 4.69) is 34.6 Å². The largest absolute Gasteiger partial charge is 0.462 e. The highest BCUT2D eigenvalue weighted by atomic mass is 16.6. The monoisotopic (exact) mass is 961 g/mol. The highest BCUT2D eigenvalue weighted by Crippen LogP contribution is 2.19. The normalized spacial score (nSPS) is 12.8. The van der Waals surface area contributed by atoms with Gasteiger partial charge < -0.3 is 14.2 Å². The van der Waals surface area contributed by atoms with Crippen LogP contribution in [0.1, 0.15) is 349 Å². The second-order valence-electron chi connectivity index (χ2n) is 21.8. The zero-order valence-electron chi connectivity index (χ0n) is 46.7. The van der Waals surface area contributed by atoms with Crippen molar-refractivity contribution in [3.63, 3.8) is 0 Å². The molecule has 0 aliphatic rings. The van der Waals surface area contributed by atoms with E-state index in [0.29, 0.717) is 19.3 Å². The van der Waals surface area contributed by atoms with E-state index in [9.17, 15) is 14.4 Å². The number of hydrogen-bond donors (Lipinski definition) is 0. The van der Waals surface area contributed by atoms with Gasteiger partial charge in [-0.2, -0.15) is 0 Å². The summed E-state index contributed by atoms with van der Waals surface area (Å²) in [6, 6.07) is 0. The second-order valence-corrected chi connectivity index (χ2v) is 21.8. The summed E-state index contributed by atoms with van der Waals surface area (Å²) in [4.78, 5) is 38.1. The molecule has 0 aromatic carbocycles. The summed E-state index contributed by atoms with van der Waals surface area (Å²) in [5, 5.41) is 0. The minimum Gasteiger partial charge on any atom is -0.462 e. The molecule has 0 radical (unpaired) electrons. The van der Waals surface area contributed by atoms with Crippen molar-refractivity contribution in [2.24, 2.45) is 11.8 Å². The van der Waals surface area contributed by atoms with Crippen molar-refractivity contribution in [1.82, 2.24) is 0 Å². The van der Waals surface area contributed by atoms with Gasteiger partial charge in [0.15, 0.2) is 6.10 Å². The number of unbranched alkanes of at least 4 members (excludes halogenated alkanes) is 39. The van der Waals surface area contributed by atoms with Gasteiger partial charge in [0.05, 0.1) is 0 Å². The zero-order valence-corrected chi connectivity index (χ0v) is 46.7. The summed E-state index contributed by atoms with van der Waals surface area (Å²) < 4.78 is 16.9. The Morgan fingerprint density at radius 3 is 0.765 bits per heavy atom. The first-order valence-electron chi connectivity index (χ1n) is 30.8. The Kier molecular flexibility index (Phi) is 53.5. The molecule has 0 N–H and O–H groups in total. The minimum atomic E-state index is -0.762. The van der Waals surface area contributed by atoms with E-state index < -0.39 is 6.10 Å². The Labute approximate surface area is 425 Å². The molecule has 404 valence electrons. The number of carbonyl (C=O) groups is 3. The fourth-order valence-electron chi connectivity index (χ4n) is 9.52. The van der Waals surface area contributed by atoms with Gasteiger partial charge in [-0.1, -0.05) is 311 Å². The molecular weight excluding hydrogens is 841 g/mol. The van der Waals surface area contributed by atoms with E-state index in [1.54, 1.807) is 0 Å². The molecule has 0 aromatic heterocycles. The standard InChI is InChI=1S/C62H120O6/c1-6-9-10-11-12-13-32-39-44-49-54-62(65)68-59(56-67-61(64)53-48-43-38-34-29-25-21-20-23-27-31-36-41-46-51-58(5)8-3)55-66-60(63)52-47-42-37-33-28-24-19-17-15-14-16-18-22-26-30-35-40-45-50-57(4)7-2/h57-59H,6-56H2,1-5H3/t57?,58?,59-/m1/s1. The molecule has 0 amide bonds. The lowest BCUT2D eigenvalue weighted by Gasteiger charge is -2.18. The third kappa shape index (κ3) is 52.2. The molecule has 0 fully saturated rings. The van der Waals surface area contributed by atoms with Gasteiger partial charge in [-0.15, -0.1) is 0 Å². The average Bonchev–Trinajstić information content (AvgIpc) is 3.34. The molecule has 0 bridgehead atoms. The first kappa shape index (κ1) is 66.4. The van der Waals surface area contributed by atoms with Crippen LogP contribution in [-0.4, -0.2) is 37.2 Å². The van der Waals surface area contributed by atoms with E-state index in [-0.39, 0.29) is 31.1 Å².